The number of primary sulfonamides is 1. The van der Waals surface area contributed by atoms with Gasteiger partial charge in [-0.05, 0) is 50.6 Å². The van der Waals surface area contributed by atoms with Crippen LogP contribution in [0.15, 0.2) is 47.4 Å². The van der Waals surface area contributed by atoms with Crippen LogP contribution in [0.4, 0.5) is 5.69 Å². The third-order valence-electron chi connectivity index (χ3n) is 3.66. The largest absolute Gasteiger partial charge is 0.286 e. The van der Waals surface area contributed by atoms with E-state index in [9.17, 15) is 13.2 Å². The number of rotatable bonds is 5. The number of carbonyl (C=O) groups is 1. The summed E-state index contributed by atoms with van der Waals surface area (Å²) in [6.07, 6.45) is 0. The highest BCUT2D eigenvalue weighted by Crippen LogP contribution is 2.17. The highest BCUT2D eigenvalue weighted by atomic mass is 32.2. The molecule has 0 aliphatic rings. The zero-order valence-electron chi connectivity index (χ0n) is 13.9. The summed E-state index contributed by atoms with van der Waals surface area (Å²) in [5, 5.41) is 6.88. The molecule has 0 heterocycles. The Hall–Kier alpha value is -2.38. The van der Waals surface area contributed by atoms with Gasteiger partial charge in [0.25, 0.3) is 5.91 Å². The minimum atomic E-state index is -3.87. The van der Waals surface area contributed by atoms with Gasteiger partial charge < -0.3 is 0 Å². The number of benzene rings is 2. The van der Waals surface area contributed by atoms with Crippen LogP contribution in [0.25, 0.3) is 0 Å². The SMILES string of the molecule is CCN(NC(=O)c1ccc(C)c(S(N)(=O)=O)c1)c1ccc(C)cc1. The van der Waals surface area contributed by atoms with Crippen LogP contribution < -0.4 is 15.6 Å². The topological polar surface area (TPSA) is 92.5 Å². The van der Waals surface area contributed by atoms with Crippen molar-refractivity contribution in [2.24, 2.45) is 5.14 Å². The predicted octanol–water partition coefficient (Wildman–Crippen LogP) is 2.12. The maximum Gasteiger partial charge on any atom is 0.269 e. The molecule has 0 spiro atoms. The molecule has 0 atom stereocenters. The summed E-state index contributed by atoms with van der Waals surface area (Å²) in [6, 6.07) is 12.2. The van der Waals surface area contributed by atoms with Gasteiger partial charge in [0, 0.05) is 12.1 Å². The standard InChI is InChI=1S/C17H21N3O3S/c1-4-20(15-9-5-12(2)6-10-15)19-17(21)14-8-7-13(3)16(11-14)24(18,22)23/h5-11H,4H2,1-3H3,(H,19,21)(H2,18,22,23). The van der Waals surface area contributed by atoms with Gasteiger partial charge in [0.1, 0.15) is 0 Å². The summed E-state index contributed by atoms with van der Waals surface area (Å²) in [4.78, 5) is 12.4. The number of nitrogens with two attached hydrogens (primary N) is 1. The average Bonchev–Trinajstić information content (AvgIpc) is 2.52. The molecule has 0 saturated heterocycles. The molecule has 128 valence electrons. The number of sulfonamides is 1. The third kappa shape index (κ3) is 4.12. The molecule has 2 aromatic carbocycles. The second-order valence-electron chi connectivity index (χ2n) is 5.55. The number of aryl methyl sites for hydroxylation is 2. The second kappa shape index (κ2) is 7.02. The summed E-state index contributed by atoms with van der Waals surface area (Å²) in [6.45, 7) is 6.08. The van der Waals surface area contributed by atoms with Gasteiger partial charge in [-0.2, -0.15) is 0 Å². The molecule has 0 saturated carbocycles. The van der Waals surface area contributed by atoms with E-state index in [1.807, 2.05) is 38.1 Å². The van der Waals surface area contributed by atoms with Gasteiger partial charge in [-0.3, -0.25) is 15.2 Å². The molecular formula is C17H21N3O3S. The van der Waals surface area contributed by atoms with Crippen molar-refractivity contribution in [3.63, 3.8) is 0 Å². The molecule has 0 radical (unpaired) electrons. The molecular weight excluding hydrogens is 326 g/mol. The fourth-order valence-corrected chi connectivity index (χ4v) is 3.09. The van der Waals surface area contributed by atoms with Gasteiger partial charge in [-0.1, -0.05) is 23.8 Å². The van der Waals surface area contributed by atoms with Crippen LogP contribution >= 0.6 is 0 Å². The summed E-state index contributed by atoms with van der Waals surface area (Å²) in [5.74, 6) is -0.401. The Morgan fingerprint density at radius 1 is 1.12 bits per heavy atom. The molecule has 7 heteroatoms. The molecule has 6 nitrogen and oxygen atoms in total. The van der Waals surface area contributed by atoms with Gasteiger partial charge in [0.2, 0.25) is 10.0 Å². The summed E-state index contributed by atoms with van der Waals surface area (Å²) < 4.78 is 23.2. The number of anilines is 1. The van der Waals surface area contributed by atoms with Crippen molar-refractivity contribution >= 4 is 21.6 Å². The molecule has 2 rings (SSSR count). The van der Waals surface area contributed by atoms with E-state index < -0.39 is 15.9 Å². The highest BCUT2D eigenvalue weighted by molar-refractivity contribution is 7.89. The predicted molar refractivity (Wildman–Crippen MR) is 94.2 cm³/mol. The number of hydrazine groups is 1. The van der Waals surface area contributed by atoms with Gasteiger partial charge in [0.05, 0.1) is 10.6 Å². The molecule has 24 heavy (non-hydrogen) atoms. The Morgan fingerprint density at radius 3 is 2.29 bits per heavy atom. The fraction of sp³-hybridized carbons (Fsp3) is 0.235. The maximum atomic E-state index is 12.5. The number of carbonyl (C=O) groups excluding carboxylic acids is 1. The van der Waals surface area contributed by atoms with Crippen LogP contribution in [0, 0.1) is 13.8 Å². The second-order valence-corrected chi connectivity index (χ2v) is 7.08. The molecule has 0 unspecified atom stereocenters. The third-order valence-corrected chi connectivity index (χ3v) is 4.71. The van der Waals surface area contributed by atoms with Crippen molar-refractivity contribution in [3.8, 4) is 0 Å². The van der Waals surface area contributed by atoms with E-state index in [2.05, 4.69) is 5.43 Å². The Balaban J connectivity index is 2.27. The van der Waals surface area contributed by atoms with E-state index in [-0.39, 0.29) is 10.5 Å². The summed E-state index contributed by atoms with van der Waals surface area (Å²) in [5.41, 5.74) is 5.47. The number of hydrogen-bond donors (Lipinski definition) is 2. The quantitative estimate of drug-likeness (QED) is 0.810. The first-order chi connectivity index (χ1) is 11.2. The number of nitrogens with zero attached hydrogens (tertiary/aromatic N) is 1. The summed E-state index contributed by atoms with van der Waals surface area (Å²) in [7, 11) is -3.87. The molecule has 1 amide bonds. The zero-order valence-corrected chi connectivity index (χ0v) is 14.7. The first-order valence-electron chi connectivity index (χ1n) is 7.51. The van der Waals surface area contributed by atoms with Crippen LogP contribution in [0.5, 0.6) is 0 Å². The van der Waals surface area contributed by atoms with Gasteiger partial charge in [0.15, 0.2) is 0 Å². The Labute approximate surface area is 142 Å². The van der Waals surface area contributed by atoms with Crippen molar-refractivity contribution in [2.75, 3.05) is 11.6 Å². The smallest absolute Gasteiger partial charge is 0.269 e. The molecule has 0 aliphatic heterocycles. The molecule has 0 bridgehead atoms. The van der Waals surface area contributed by atoms with E-state index >= 15 is 0 Å². The van der Waals surface area contributed by atoms with E-state index in [1.165, 1.54) is 6.07 Å². The Morgan fingerprint density at radius 2 is 1.75 bits per heavy atom. The lowest BCUT2D eigenvalue weighted by Gasteiger charge is -2.24. The lowest BCUT2D eigenvalue weighted by molar-refractivity contribution is 0.0949. The normalized spacial score (nSPS) is 11.2. The Bertz CT molecular complexity index is 846. The molecule has 0 aliphatic carbocycles. The number of amides is 1. The highest BCUT2D eigenvalue weighted by Gasteiger charge is 2.16. The van der Waals surface area contributed by atoms with Crippen LogP contribution in [0.2, 0.25) is 0 Å². The van der Waals surface area contributed by atoms with Crippen molar-refractivity contribution in [1.29, 1.82) is 0 Å². The molecule has 0 aromatic heterocycles. The molecule has 3 N–H and O–H groups in total. The number of hydrogen-bond acceptors (Lipinski definition) is 4. The van der Waals surface area contributed by atoms with Crippen molar-refractivity contribution in [2.45, 2.75) is 25.7 Å². The Kier molecular flexibility index (Phi) is 5.26. The van der Waals surface area contributed by atoms with E-state index in [4.69, 9.17) is 5.14 Å². The van der Waals surface area contributed by atoms with Crippen molar-refractivity contribution < 1.29 is 13.2 Å². The van der Waals surface area contributed by atoms with Crippen LogP contribution in [0.3, 0.4) is 0 Å². The van der Waals surface area contributed by atoms with E-state index in [0.717, 1.165) is 11.3 Å². The van der Waals surface area contributed by atoms with Crippen molar-refractivity contribution in [1.82, 2.24) is 5.43 Å². The molecule has 0 fully saturated rings. The zero-order chi connectivity index (χ0) is 17.9. The summed E-state index contributed by atoms with van der Waals surface area (Å²) >= 11 is 0. The molecule has 2 aromatic rings. The minimum absolute atomic E-state index is 0.0477. The average molecular weight is 347 g/mol. The fourth-order valence-electron chi connectivity index (χ4n) is 2.29. The van der Waals surface area contributed by atoms with Crippen LogP contribution in [-0.2, 0) is 10.0 Å². The lowest BCUT2D eigenvalue weighted by Crippen LogP contribution is -2.42. The number of nitrogens with one attached hydrogen (secondary N) is 1. The first kappa shape index (κ1) is 18.0. The minimum Gasteiger partial charge on any atom is -0.286 e. The van der Waals surface area contributed by atoms with Crippen molar-refractivity contribution in [3.05, 3.63) is 59.2 Å². The van der Waals surface area contributed by atoms with Crippen LogP contribution in [-0.4, -0.2) is 20.9 Å². The van der Waals surface area contributed by atoms with Gasteiger partial charge >= 0.3 is 0 Å². The van der Waals surface area contributed by atoms with Gasteiger partial charge in [-0.15, -0.1) is 0 Å². The van der Waals surface area contributed by atoms with Crippen LogP contribution in [0.1, 0.15) is 28.4 Å². The lowest BCUT2D eigenvalue weighted by atomic mass is 10.1. The first-order valence-corrected chi connectivity index (χ1v) is 9.05. The monoisotopic (exact) mass is 347 g/mol. The van der Waals surface area contributed by atoms with E-state index in [1.54, 1.807) is 24.1 Å². The van der Waals surface area contributed by atoms with Gasteiger partial charge in [-0.25, -0.2) is 13.6 Å². The van der Waals surface area contributed by atoms with E-state index in [0.29, 0.717) is 12.1 Å². The maximum absolute atomic E-state index is 12.5.